The van der Waals surface area contributed by atoms with Crippen molar-refractivity contribution < 1.29 is 23.7 Å². The minimum Gasteiger partial charge on any atom is -0.493 e. The van der Waals surface area contributed by atoms with Crippen molar-refractivity contribution >= 4 is 22.9 Å². The molecule has 0 aliphatic carbocycles. The Labute approximate surface area is 200 Å². The second-order valence-electron chi connectivity index (χ2n) is 7.54. The summed E-state index contributed by atoms with van der Waals surface area (Å²) in [4.78, 5) is 18.7. The minimum atomic E-state index is -0.228. The van der Waals surface area contributed by atoms with Crippen LogP contribution in [0.5, 0.6) is 23.0 Å². The van der Waals surface area contributed by atoms with E-state index in [9.17, 15) is 4.79 Å². The Bertz CT molecular complexity index is 1340. The Kier molecular flexibility index (Phi) is 6.05. The van der Waals surface area contributed by atoms with Gasteiger partial charge in [0.15, 0.2) is 23.0 Å². The first kappa shape index (κ1) is 21.8. The lowest BCUT2D eigenvalue weighted by molar-refractivity contribution is 0.103. The van der Waals surface area contributed by atoms with Crippen molar-refractivity contribution in [1.29, 1.82) is 0 Å². The largest absolute Gasteiger partial charge is 0.493 e. The van der Waals surface area contributed by atoms with E-state index in [1.54, 1.807) is 32.4 Å². The number of hydrogen-bond acceptors (Lipinski definition) is 7. The van der Waals surface area contributed by atoms with E-state index in [2.05, 4.69) is 5.32 Å². The molecule has 2 heterocycles. The van der Waals surface area contributed by atoms with Crippen molar-refractivity contribution in [3.8, 4) is 34.3 Å². The van der Waals surface area contributed by atoms with Gasteiger partial charge in [-0.15, -0.1) is 11.3 Å². The summed E-state index contributed by atoms with van der Waals surface area (Å²) in [5.74, 6) is 2.37. The predicted octanol–water partition coefficient (Wildman–Crippen LogP) is 5.40. The molecule has 0 saturated carbocycles. The van der Waals surface area contributed by atoms with Gasteiger partial charge in [0.2, 0.25) is 6.79 Å². The maximum absolute atomic E-state index is 13.3. The number of fused-ring (bicyclic) bond motifs is 1. The highest BCUT2D eigenvalue weighted by Crippen LogP contribution is 2.36. The number of methoxy groups -OCH3 is 2. The summed E-state index contributed by atoms with van der Waals surface area (Å²) in [5, 5.41) is 3.79. The molecule has 34 heavy (non-hydrogen) atoms. The molecule has 1 aromatic heterocycles. The molecule has 4 aromatic rings. The number of rotatable bonds is 7. The molecular weight excluding hydrogens is 452 g/mol. The van der Waals surface area contributed by atoms with Crippen LogP contribution in [0.2, 0.25) is 0 Å². The number of carbonyl (C=O) groups is 1. The predicted molar refractivity (Wildman–Crippen MR) is 130 cm³/mol. The van der Waals surface area contributed by atoms with Crippen LogP contribution in [0.3, 0.4) is 0 Å². The van der Waals surface area contributed by atoms with Crippen LogP contribution in [0, 0.1) is 0 Å². The van der Waals surface area contributed by atoms with Gasteiger partial charge in [0.25, 0.3) is 5.91 Å². The smallest absolute Gasteiger partial charge is 0.268 e. The molecule has 7 nitrogen and oxygen atoms in total. The number of carbonyl (C=O) groups excluding carboxylic acids is 1. The number of thiazole rings is 1. The molecule has 0 bridgehead atoms. The monoisotopic (exact) mass is 474 g/mol. The van der Waals surface area contributed by atoms with Crippen LogP contribution in [0.15, 0.2) is 66.7 Å². The van der Waals surface area contributed by atoms with Crippen LogP contribution in [0.25, 0.3) is 11.3 Å². The Hall–Kier alpha value is -4.04. The number of ether oxygens (including phenoxy) is 4. The van der Waals surface area contributed by atoms with Gasteiger partial charge in [0, 0.05) is 23.7 Å². The molecule has 0 atom stereocenters. The molecule has 0 radical (unpaired) electrons. The Morgan fingerprint density at radius 3 is 2.56 bits per heavy atom. The van der Waals surface area contributed by atoms with Gasteiger partial charge in [0.05, 0.1) is 24.9 Å². The average Bonchev–Trinajstić information content (AvgIpc) is 3.51. The van der Waals surface area contributed by atoms with Gasteiger partial charge in [-0.1, -0.05) is 36.4 Å². The van der Waals surface area contributed by atoms with Gasteiger partial charge >= 0.3 is 0 Å². The van der Waals surface area contributed by atoms with E-state index in [4.69, 9.17) is 23.9 Å². The van der Waals surface area contributed by atoms with E-state index in [-0.39, 0.29) is 12.7 Å². The van der Waals surface area contributed by atoms with Crippen LogP contribution < -0.4 is 24.3 Å². The van der Waals surface area contributed by atoms with E-state index < -0.39 is 0 Å². The summed E-state index contributed by atoms with van der Waals surface area (Å²) in [5.41, 5.74) is 3.17. The van der Waals surface area contributed by atoms with E-state index >= 15 is 0 Å². The molecule has 0 saturated heterocycles. The number of amides is 1. The molecule has 0 spiro atoms. The lowest BCUT2D eigenvalue weighted by Gasteiger charge is -2.08. The molecule has 8 heteroatoms. The van der Waals surface area contributed by atoms with Gasteiger partial charge in [-0.2, -0.15) is 0 Å². The summed E-state index contributed by atoms with van der Waals surface area (Å²) >= 11 is 1.37. The van der Waals surface area contributed by atoms with Gasteiger partial charge in [-0.3, -0.25) is 4.79 Å². The molecule has 3 aromatic carbocycles. The molecule has 1 N–H and O–H groups in total. The number of nitrogens with one attached hydrogen (secondary N) is 1. The maximum Gasteiger partial charge on any atom is 0.268 e. The number of benzene rings is 3. The molecule has 0 fully saturated rings. The molecule has 1 aliphatic rings. The Morgan fingerprint density at radius 1 is 0.971 bits per heavy atom. The highest BCUT2D eigenvalue weighted by molar-refractivity contribution is 7.14. The zero-order valence-electron chi connectivity index (χ0n) is 18.7. The average molecular weight is 475 g/mol. The Balaban J connectivity index is 1.46. The summed E-state index contributed by atoms with van der Waals surface area (Å²) in [6, 6.07) is 20.8. The third-order valence-corrected chi connectivity index (χ3v) is 6.41. The molecule has 5 rings (SSSR count). The normalized spacial score (nSPS) is 11.8. The summed E-state index contributed by atoms with van der Waals surface area (Å²) in [6.45, 7) is 0.180. The Morgan fingerprint density at radius 2 is 1.76 bits per heavy atom. The number of aromatic nitrogens is 1. The first-order valence-electron chi connectivity index (χ1n) is 10.6. The van der Waals surface area contributed by atoms with Crippen molar-refractivity contribution in [3.63, 3.8) is 0 Å². The van der Waals surface area contributed by atoms with Gasteiger partial charge in [0.1, 0.15) is 4.88 Å². The molecular formula is C26H22N2O5S. The first-order chi connectivity index (χ1) is 16.6. The lowest BCUT2D eigenvalue weighted by atomic mass is 10.1. The standard InChI is InChI=1S/C26H22N2O5S/c1-30-19-10-8-16(12-21(19)31-2)13-23-28-24(17-6-4-3-5-7-17)25(34-23)26(29)27-18-9-11-20-22(14-18)33-15-32-20/h3-12,14H,13,15H2,1-2H3,(H,27,29). The molecule has 0 unspecified atom stereocenters. The van der Waals surface area contributed by atoms with Crippen LogP contribution >= 0.6 is 11.3 Å². The van der Waals surface area contributed by atoms with Crippen LogP contribution in [0.1, 0.15) is 20.2 Å². The van der Waals surface area contributed by atoms with Crippen molar-refractivity contribution in [2.24, 2.45) is 0 Å². The van der Waals surface area contributed by atoms with E-state index in [1.165, 1.54) is 11.3 Å². The summed E-state index contributed by atoms with van der Waals surface area (Å²) < 4.78 is 21.5. The van der Waals surface area contributed by atoms with Crippen LogP contribution in [-0.4, -0.2) is 31.9 Å². The quantitative estimate of drug-likeness (QED) is 0.386. The van der Waals surface area contributed by atoms with Crippen molar-refractivity contribution in [2.75, 3.05) is 26.3 Å². The fourth-order valence-corrected chi connectivity index (χ4v) is 4.73. The number of anilines is 1. The summed E-state index contributed by atoms with van der Waals surface area (Å²) in [7, 11) is 3.21. The van der Waals surface area contributed by atoms with E-state index in [0.717, 1.165) is 16.1 Å². The van der Waals surface area contributed by atoms with Crippen molar-refractivity contribution in [3.05, 3.63) is 82.2 Å². The van der Waals surface area contributed by atoms with Gasteiger partial charge in [-0.05, 0) is 29.8 Å². The van der Waals surface area contributed by atoms with Crippen molar-refractivity contribution in [1.82, 2.24) is 4.98 Å². The molecule has 1 amide bonds. The second-order valence-corrected chi connectivity index (χ2v) is 8.62. The minimum absolute atomic E-state index is 0.180. The molecule has 1 aliphatic heterocycles. The van der Waals surface area contributed by atoms with Crippen LogP contribution in [-0.2, 0) is 6.42 Å². The van der Waals surface area contributed by atoms with Gasteiger partial charge in [-0.25, -0.2) is 4.98 Å². The zero-order chi connectivity index (χ0) is 23.5. The third-order valence-electron chi connectivity index (χ3n) is 5.36. The SMILES string of the molecule is COc1ccc(Cc2nc(-c3ccccc3)c(C(=O)Nc3ccc4c(c3)OCO4)s2)cc1OC. The second kappa shape index (κ2) is 9.44. The first-order valence-corrected chi connectivity index (χ1v) is 11.4. The fourth-order valence-electron chi connectivity index (χ4n) is 3.71. The maximum atomic E-state index is 13.3. The van der Waals surface area contributed by atoms with E-state index in [1.807, 2.05) is 48.5 Å². The number of nitrogens with zero attached hydrogens (tertiary/aromatic N) is 1. The zero-order valence-corrected chi connectivity index (χ0v) is 19.5. The van der Waals surface area contributed by atoms with E-state index in [0.29, 0.717) is 45.7 Å². The number of hydrogen-bond donors (Lipinski definition) is 1. The lowest BCUT2D eigenvalue weighted by Crippen LogP contribution is -2.11. The van der Waals surface area contributed by atoms with Crippen LogP contribution in [0.4, 0.5) is 5.69 Å². The fraction of sp³-hybridized carbons (Fsp3) is 0.154. The highest BCUT2D eigenvalue weighted by Gasteiger charge is 2.21. The molecule has 172 valence electrons. The van der Waals surface area contributed by atoms with Crippen molar-refractivity contribution in [2.45, 2.75) is 6.42 Å². The summed E-state index contributed by atoms with van der Waals surface area (Å²) in [6.07, 6.45) is 0.558. The topological polar surface area (TPSA) is 78.9 Å². The third kappa shape index (κ3) is 4.40. The van der Waals surface area contributed by atoms with Gasteiger partial charge < -0.3 is 24.3 Å². The highest BCUT2D eigenvalue weighted by atomic mass is 32.1.